The first-order valence-electron chi connectivity index (χ1n) is 10.1. The molecule has 0 bridgehead atoms. The van der Waals surface area contributed by atoms with Crippen LogP contribution in [0.1, 0.15) is 39.3 Å². The zero-order valence-electron chi connectivity index (χ0n) is 17.2. The first-order valence-corrected chi connectivity index (χ1v) is 10.1. The number of likely N-dealkylation sites (tertiary alicyclic amines) is 1. The summed E-state index contributed by atoms with van der Waals surface area (Å²) < 4.78 is 5.43. The molecule has 0 aliphatic carbocycles. The molecule has 7 nitrogen and oxygen atoms in total. The number of nitrogens with zero attached hydrogens (tertiary/aromatic N) is 5. The maximum absolute atomic E-state index is 12.0. The van der Waals surface area contributed by atoms with Gasteiger partial charge in [-0.3, -0.25) is 14.6 Å². The molecule has 1 aromatic heterocycles. The molecule has 0 amide bonds. The summed E-state index contributed by atoms with van der Waals surface area (Å²) >= 11 is 0. The Morgan fingerprint density at radius 1 is 1.18 bits per heavy atom. The number of carbonyl (C=O) groups excluding carboxylic acids is 1. The van der Waals surface area contributed by atoms with Gasteiger partial charge < -0.3 is 9.64 Å². The number of anilines is 1. The number of hydrogen-bond donors (Lipinski definition) is 0. The van der Waals surface area contributed by atoms with Crippen LogP contribution in [0.2, 0.25) is 0 Å². The smallest absolute Gasteiger partial charge is 0.320 e. The third kappa shape index (κ3) is 5.66. The van der Waals surface area contributed by atoms with Crippen molar-refractivity contribution in [1.82, 2.24) is 14.8 Å². The van der Waals surface area contributed by atoms with Gasteiger partial charge in [0.15, 0.2) is 0 Å². The molecular formula is C21H31N5O2. The SMILES string of the molecule is CC(C)(C)OC(=O)CN1CCC(N2CCN(c3ccc(C#N)nc3)CC2)CC1. The van der Waals surface area contributed by atoms with Gasteiger partial charge in [-0.25, -0.2) is 4.98 Å². The normalized spacial score (nSPS) is 20.0. The van der Waals surface area contributed by atoms with Crippen molar-refractivity contribution in [1.29, 1.82) is 5.26 Å². The minimum atomic E-state index is -0.417. The second-order valence-electron chi connectivity index (χ2n) is 8.63. The van der Waals surface area contributed by atoms with Crippen molar-refractivity contribution in [3.63, 3.8) is 0 Å². The summed E-state index contributed by atoms with van der Waals surface area (Å²) in [7, 11) is 0. The van der Waals surface area contributed by atoms with Crippen LogP contribution in [0.3, 0.4) is 0 Å². The molecule has 0 unspecified atom stereocenters. The molecule has 0 saturated carbocycles. The van der Waals surface area contributed by atoms with E-state index in [-0.39, 0.29) is 5.97 Å². The molecule has 2 fully saturated rings. The van der Waals surface area contributed by atoms with Crippen molar-refractivity contribution in [2.45, 2.75) is 45.3 Å². The minimum Gasteiger partial charge on any atom is -0.459 e. The number of carbonyl (C=O) groups is 1. The second kappa shape index (κ2) is 8.89. The van der Waals surface area contributed by atoms with Crippen LogP contribution in [-0.4, -0.2) is 78.2 Å². The van der Waals surface area contributed by atoms with E-state index in [4.69, 9.17) is 10.00 Å². The Bertz CT molecular complexity index is 691. The van der Waals surface area contributed by atoms with Gasteiger partial charge in [-0.2, -0.15) is 5.26 Å². The van der Waals surface area contributed by atoms with Gasteiger partial charge in [0.05, 0.1) is 18.4 Å². The summed E-state index contributed by atoms with van der Waals surface area (Å²) in [6, 6.07) is 6.42. The van der Waals surface area contributed by atoms with E-state index in [1.165, 1.54) is 0 Å². The highest BCUT2D eigenvalue weighted by molar-refractivity contribution is 5.72. The number of aromatic nitrogens is 1. The Hall–Kier alpha value is -2.17. The summed E-state index contributed by atoms with van der Waals surface area (Å²) in [5, 5.41) is 8.87. The van der Waals surface area contributed by atoms with Crippen LogP contribution in [0, 0.1) is 11.3 Å². The lowest BCUT2D eigenvalue weighted by molar-refractivity contribution is -0.156. The van der Waals surface area contributed by atoms with Crippen molar-refractivity contribution in [3.05, 3.63) is 24.0 Å². The van der Waals surface area contributed by atoms with Gasteiger partial charge in [-0.05, 0) is 45.7 Å². The van der Waals surface area contributed by atoms with E-state index in [1.807, 2.05) is 26.8 Å². The molecule has 0 aromatic carbocycles. The number of esters is 1. The molecule has 2 aliphatic heterocycles. The standard InChI is InChI=1S/C21H31N5O2/c1-21(2,3)28-20(27)16-24-8-6-18(7-9-24)25-10-12-26(13-11-25)19-5-4-17(14-22)23-15-19/h4-5,15,18H,6-13,16H2,1-3H3. The fourth-order valence-corrected chi connectivity index (χ4v) is 3.98. The Balaban J connectivity index is 1.41. The first kappa shape index (κ1) is 20.6. The number of pyridine rings is 1. The van der Waals surface area contributed by atoms with E-state index in [9.17, 15) is 4.79 Å². The lowest BCUT2D eigenvalue weighted by Gasteiger charge is -2.43. The third-order valence-electron chi connectivity index (χ3n) is 5.39. The van der Waals surface area contributed by atoms with Crippen molar-refractivity contribution in [2.75, 3.05) is 50.7 Å². The van der Waals surface area contributed by atoms with Gasteiger partial charge in [0, 0.05) is 45.3 Å². The summed E-state index contributed by atoms with van der Waals surface area (Å²) in [4.78, 5) is 23.3. The van der Waals surface area contributed by atoms with Crippen molar-refractivity contribution < 1.29 is 9.53 Å². The molecule has 152 valence electrons. The van der Waals surface area contributed by atoms with Crippen LogP contribution in [-0.2, 0) is 9.53 Å². The van der Waals surface area contributed by atoms with E-state index in [0.717, 1.165) is 57.8 Å². The summed E-state index contributed by atoms with van der Waals surface area (Å²) in [5.74, 6) is -0.129. The third-order valence-corrected chi connectivity index (χ3v) is 5.39. The van der Waals surface area contributed by atoms with Crippen molar-refractivity contribution in [2.24, 2.45) is 0 Å². The second-order valence-corrected chi connectivity index (χ2v) is 8.63. The molecule has 3 heterocycles. The fraction of sp³-hybridized carbons (Fsp3) is 0.667. The van der Waals surface area contributed by atoms with Gasteiger partial charge in [0.1, 0.15) is 17.4 Å². The summed E-state index contributed by atoms with van der Waals surface area (Å²) in [5.41, 5.74) is 1.13. The number of hydrogen-bond acceptors (Lipinski definition) is 7. The quantitative estimate of drug-likeness (QED) is 0.733. The van der Waals surface area contributed by atoms with Crippen LogP contribution in [0.4, 0.5) is 5.69 Å². The molecule has 2 saturated heterocycles. The van der Waals surface area contributed by atoms with Crippen molar-refractivity contribution >= 4 is 11.7 Å². The Morgan fingerprint density at radius 2 is 1.86 bits per heavy atom. The number of piperidine rings is 1. The average Bonchev–Trinajstić information content (AvgIpc) is 2.67. The molecule has 2 aliphatic rings. The van der Waals surface area contributed by atoms with Gasteiger partial charge in [-0.1, -0.05) is 0 Å². The largest absolute Gasteiger partial charge is 0.459 e. The number of rotatable bonds is 4. The number of nitriles is 1. The molecule has 0 N–H and O–H groups in total. The van der Waals surface area contributed by atoms with E-state index in [0.29, 0.717) is 18.3 Å². The van der Waals surface area contributed by atoms with Gasteiger partial charge in [0.2, 0.25) is 0 Å². The van der Waals surface area contributed by atoms with Crippen LogP contribution < -0.4 is 4.90 Å². The average molecular weight is 386 g/mol. The monoisotopic (exact) mass is 385 g/mol. The fourth-order valence-electron chi connectivity index (χ4n) is 3.98. The topological polar surface area (TPSA) is 72.7 Å². The lowest BCUT2D eigenvalue weighted by Crippen LogP contribution is -2.53. The molecule has 1 aromatic rings. The predicted octanol–water partition coefficient (Wildman–Crippen LogP) is 1.88. The van der Waals surface area contributed by atoms with Crippen molar-refractivity contribution in [3.8, 4) is 6.07 Å². The molecule has 0 atom stereocenters. The molecule has 3 rings (SSSR count). The maximum atomic E-state index is 12.0. The van der Waals surface area contributed by atoms with E-state index >= 15 is 0 Å². The van der Waals surface area contributed by atoms with Crippen LogP contribution in [0.25, 0.3) is 0 Å². The highest BCUT2D eigenvalue weighted by atomic mass is 16.6. The lowest BCUT2D eigenvalue weighted by atomic mass is 10.0. The van der Waals surface area contributed by atoms with Gasteiger partial charge in [0.25, 0.3) is 0 Å². The Morgan fingerprint density at radius 3 is 2.39 bits per heavy atom. The summed E-state index contributed by atoms with van der Waals surface area (Å²) in [6.45, 7) is 12.0. The van der Waals surface area contributed by atoms with E-state index in [1.54, 1.807) is 12.3 Å². The van der Waals surface area contributed by atoms with Crippen LogP contribution >= 0.6 is 0 Å². The van der Waals surface area contributed by atoms with Crippen LogP contribution in [0.5, 0.6) is 0 Å². The first-order chi connectivity index (χ1) is 13.3. The van der Waals surface area contributed by atoms with E-state index < -0.39 is 5.60 Å². The Kier molecular flexibility index (Phi) is 6.53. The Labute approximate surface area is 167 Å². The molecular weight excluding hydrogens is 354 g/mol. The zero-order chi connectivity index (χ0) is 20.1. The van der Waals surface area contributed by atoms with Gasteiger partial charge in [-0.15, -0.1) is 0 Å². The molecule has 0 spiro atoms. The minimum absolute atomic E-state index is 0.129. The molecule has 28 heavy (non-hydrogen) atoms. The highest BCUT2D eigenvalue weighted by Crippen LogP contribution is 2.21. The summed E-state index contributed by atoms with van der Waals surface area (Å²) in [6.07, 6.45) is 3.99. The van der Waals surface area contributed by atoms with Crippen LogP contribution in [0.15, 0.2) is 18.3 Å². The number of piperazine rings is 1. The zero-order valence-corrected chi connectivity index (χ0v) is 17.2. The number of ether oxygens (including phenoxy) is 1. The molecule has 0 radical (unpaired) electrons. The predicted molar refractivity (Wildman–Crippen MR) is 108 cm³/mol. The van der Waals surface area contributed by atoms with Gasteiger partial charge >= 0.3 is 5.97 Å². The van der Waals surface area contributed by atoms with E-state index in [2.05, 4.69) is 25.8 Å². The highest BCUT2D eigenvalue weighted by Gasteiger charge is 2.29. The maximum Gasteiger partial charge on any atom is 0.320 e. The molecule has 7 heteroatoms.